The molecule has 6 heteroatoms. The van der Waals surface area contributed by atoms with Crippen LogP contribution in [0.4, 0.5) is 39.8 Å². The second kappa shape index (κ2) is 14.1. The summed E-state index contributed by atoms with van der Waals surface area (Å²) < 4.78 is 0. The van der Waals surface area contributed by atoms with E-state index in [0.717, 1.165) is 21.7 Å². The van der Waals surface area contributed by atoms with E-state index in [1.165, 1.54) is 55.4 Å². The molecule has 7 aromatic rings. The Morgan fingerprint density at radius 1 is 0.450 bits per heavy atom. The minimum atomic E-state index is -2.67. The Morgan fingerprint density at radius 2 is 0.767 bits per heavy atom. The van der Waals surface area contributed by atoms with Crippen LogP contribution in [0.1, 0.15) is 55.5 Å². The van der Waals surface area contributed by atoms with Crippen LogP contribution in [-0.4, -0.2) is 16.1 Å². The van der Waals surface area contributed by atoms with Crippen molar-refractivity contribution in [3.63, 3.8) is 0 Å². The number of hydrogen-bond donors (Lipinski definition) is 0. The molecule has 9 rings (SSSR count). The fourth-order valence-corrected chi connectivity index (χ4v) is 16.2. The molecule has 0 fully saturated rings. The lowest BCUT2D eigenvalue weighted by Gasteiger charge is -2.44. The quantitative estimate of drug-likeness (QED) is 0.124. The molecule has 0 unspecified atom stereocenters. The van der Waals surface area contributed by atoms with Gasteiger partial charge >= 0.3 is 0 Å². The molecule has 0 saturated heterocycles. The Kier molecular flexibility index (Phi) is 9.17. The summed E-state index contributed by atoms with van der Waals surface area (Å²) in [5.74, 6) is 0. The van der Waals surface area contributed by atoms with Crippen molar-refractivity contribution in [2.45, 2.75) is 64.7 Å². The highest BCUT2D eigenvalue weighted by Gasteiger charge is 2.42. The van der Waals surface area contributed by atoms with Gasteiger partial charge in [-0.3, -0.25) is 0 Å². The van der Waals surface area contributed by atoms with Crippen molar-refractivity contribution < 1.29 is 0 Å². The van der Waals surface area contributed by atoms with E-state index >= 15 is 0 Å². The Hall–Kier alpha value is -6.45. The van der Waals surface area contributed by atoms with E-state index in [4.69, 9.17) is 6.57 Å². The molecule has 0 radical (unpaired) electrons. The number of nitriles is 1. The van der Waals surface area contributed by atoms with Crippen molar-refractivity contribution in [3.05, 3.63) is 197 Å². The maximum atomic E-state index is 11.1. The van der Waals surface area contributed by atoms with Crippen molar-refractivity contribution >= 4 is 76.7 Å². The molecular formula is C54H50N4Si2. The number of fused-ring (bicyclic) bond motifs is 4. The zero-order valence-electron chi connectivity index (χ0n) is 35.8. The van der Waals surface area contributed by atoms with Gasteiger partial charge in [0.1, 0.15) is 16.1 Å². The molecule has 4 nitrogen and oxygen atoms in total. The van der Waals surface area contributed by atoms with Crippen molar-refractivity contribution in [3.8, 4) is 6.07 Å². The van der Waals surface area contributed by atoms with Gasteiger partial charge in [-0.15, -0.1) is 0 Å². The lowest BCUT2D eigenvalue weighted by molar-refractivity contribution is 0.632. The zero-order valence-corrected chi connectivity index (χ0v) is 37.8. The van der Waals surface area contributed by atoms with Gasteiger partial charge in [0.2, 0.25) is 0 Å². The Morgan fingerprint density at radius 3 is 1.12 bits per heavy atom. The van der Waals surface area contributed by atoms with E-state index in [1.807, 2.05) is 0 Å². The van der Waals surface area contributed by atoms with E-state index in [2.05, 4.69) is 232 Å². The number of hydrogen-bond acceptors (Lipinski definition) is 3. The summed E-state index contributed by atoms with van der Waals surface area (Å²) in [4.78, 5) is 9.16. The zero-order chi connectivity index (χ0) is 42.2. The van der Waals surface area contributed by atoms with Crippen LogP contribution in [0, 0.1) is 17.9 Å². The summed E-state index contributed by atoms with van der Waals surface area (Å²) >= 11 is 0. The molecule has 7 aromatic carbocycles. The van der Waals surface area contributed by atoms with Gasteiger partial charge < -0.3 is 9.80 Å². The van der Waals surface area contributed by atoms with E-state index in [-0.39, 0.29) is 10.8 Å². The van der Waals surface area contributed by atoms with Gasteiger partial charge in [0.05, 0.1) is 35.4 Å². The van der Waals surface area contributed by atoms with Gasteiger partial charge in [0, 0.05) is 27.8 Å². The van der Waals surface area contributed by atoms with Crippen molar-refractivity contribution in [2.24, 2.45) is 0 Å². The minimum absolute atomic E-state index is 0.174. The number of anilines is 6. The third-order valence-electron chi connectivity index (χ3n) is 13.6. The molecule has 0 saturated carbocycles. The van der Waals surface area contributed by atoms with Crippen molar-refractivity contribution in [1.29, 1.82) is 5.26 Å². The Balaban J connectivity index is 1.19. The molecule has 60 heavy (non-hydrogen) atoms. The summed E-state index contributed by atoms with van der Waals surface area (Å²) in [6.45, 7) is 27.3. The smallest absolute Gasteiger partial charge is 0.187 e. The average Bonchev–Trinajstić information content (AvgIpc) is 3.26. The summed E-state index contributed by atoms with van der Waals surface area (Å²) in [6, 6.07) is 59.4. The standard InChI is InChI=1S/C54H50N4Si2/c1-53(2)38-22-10-14-26-43(38)57(44-27-15-11-23-39(44)53)47-30-18-20-32-49(47)59(6,7)51-35-42(56-5)52(34-37(51)36-55)60(8,9)50-33-21-19-31-48(50)58-45-28-16-12-24-40(45)54(3,4)41-25-13-17-29-46(41)58/h10-35H,1-4,6-9H3. The fourth-order valence-electron chi connectivity index (χ4n) is 10.3. The summed E-state index contributed by atoms with van der Waals surface area (Å²) in [5.41, 5.74) is 13.0. The first-order valence-electron chi connectivity index (χ1n) is 20.9. The van der Waals surface area contributed by atoms with Gasteiger partial charge in [0.25, 0.3) is 0 Å². The van der Waals surface area contributed by atoms with Crippen LogP contribution < -0.4 is 30.5 Å². The number of benzene rings is 7. The normalized spacial score (nSPS) is 14.8. The monoisotopic (exact) mass is 810 g/mol. The van der Waals surface area contributed by atoms with E-state index < -0.39 is 16.1 Å². The predicted octanol–water partition coefficient (Wildman–Crippen LogP) is 12.0. The first-order valence-corrected chi connectivity index (χ1v) is 26.9. The van der Waals surface area contributed by atoms with Crippen molar-refractivity contribution in [2.75, 3.05) is 9.80 Å². The number of rotatable bonds is 6. The molecule has 294 valence electrons. The summed E-state index contributed by atoms with van der Waals surface area (Å²) in [6.07, 6.45) is 0. The maximum absolute atomic E-state index is 11.1. The van der Waals surface area contributed by atoms with Gasteiger partial charge in [-0.2, -0.15) is 5.26 Å². The third-order valence-corrected chi connectivity index (χ3v) is 20.7. The molecule has 0 atom stereocenters. The average molecular weight is 811 g/mol. The number of nitrogens with zero attached hydrogens (tertiary/aromatic N) is 4. The van der Waals surface area contributed by atoms with Crippen LogP contribution >= 0.6 is 0 Å². The van der Waals surface area contributed by atoms with Crippen LogP contribution in [0.25, 0.3) is 4.85 Å². The summed E-state index contributed by atoms with van der Waals surface area (Å²) in [5, 5.41) is 15.5. The van der Waals surface area contributed by atoms with Crippen molar-refractivity contribution in [1.82, 2.24) is 0 Å². The van der Waals surface area contributed by atoms with E-state index in [9.17, 15) is 5.26 Å². The van der Waals surface area contributed by atoms with Crippen LogP contribution in [0.3, 0.4) is 0 Å². The lowest BCUT2D eigenvalue weighted by Crippen LogP contribution is -2.58. The molecular weight excluding hydrogens is 761 g/mol. The largest absolute Gasteiger partial charge is 0.310 e. The van der Waals surface area contributed by atoms with Crippen LogP contribution in [0.5, 0.6) is 0 Å². The minimum Gasteiger partial charge on any atom is -0.310 e. The number of para-hydroxylation sites is 6. The maximum Gasteiger partial charge on any atom is 0.187 e. The van der Waals surface area contributed by atoms with Gasteiger partial charge in [-0.05, 0) is 79.4 Å². The molecule has 0 amide bonds. The first-order chi connectivity index (χ1) is 28.7. The van der Waals surface area contributed by atoms with Crippen LogP contribution in [0.15, 0.2) is 158 Å². The highest BCUT2D eigenvalue weighted by Crippen LogP contribution is 2.53. The third kappa shape index (κ3) is 5.74. The molecule has 2 aliphatic rings. The molecule has 0 aliphatic carbocycles. The highest BCUT2D eigenvalue weighted by molar-refractivity contribution is 7.03. The molecule has 2 aliphatic heterocycles. The second-order valence-electron chi connectivity index (χ2n) is 18.4. The molecule has 0 bridgehead atoms. The summed E-state index contributed by atoms with van der Waals surface area (Å²) in [7, 11) is -5.33. The van der Waals surface area contributed by atoms with Crippen LogP contribution in [0.2, 0.25) is 26.2 Å². The van der Waals surface area contributed by atoms with Gasteiger partial charge in [-0.25, -0.2) is 4.85 Å². The molecule has 0 aromatic heterocycles. The fraction of sp³-hybridized carbons (Fsp3) is 0.185. The molecule has 2 heterocycles. The van der Waals surface area contributed by atoms with E-state index in [0.29, 0.717) is 11.3 Å². The van der Waals surface area contributed by atoms with Gasteiger partial charge in [-0.1, -0.05) is 175 Å². The second-order valence-corrected chi connectivity index (χ2v) is 27.1. The topological polar surface area (TPSA) is 34.6 Å². The van der Waals surface area contributed by atoms with Crippen LogP contribution in [-0.2, 0) is 10.8 Å². The predicted molar refractivity (Wildman–Crippen MR) is 257 cm³/mol. The SMILES string of the molecule is [C-]#[N+]c1cc([Si](C)(C)c2ccccc2N2c3ccccc3C(C)(C)c3ccccc32)c(C#N)cc1[Si](C)(C)c1ccccc1N1c2ccccc2C(C)(C)c2ccccc21. The lowest BCUT2D eigenvalue weighted by atomic mass is 9.73. The van der Waals surface area contributed by atoms with E-state index in [1.54, 1.807) is 0 Å². The molecule has 0 N–H and O–H groups in total. The Labute approximate surface area is 357 Å². The first kappa shape index (κ1) is 39.0. The highest BCUT2D eigenvalue weighted by atomic mass is 28.3. The molecule has 0 spiro atoms. The Bertz CT molecular complexity index is 2650. The van der Waals surface area contributed by atoms with Gasteiger partial charge in [0.15, 0.2) is 5.69 Å².